The number of rotatable bonds is 4. The van der Waals surface area contributed by atoms with Gasteiger partial charge in [-0.25, -0.2) is 0 Å². The van der Waals surface area contributed by atoms with Gasteiger partial charge in [0.15, 0.2) is 0 Å². The predicted octanol–water partition coefficient (Wildman–Crippen LogP) is 1.95. The van der Waals surface area contributed by atoms with Crippen LogP contribution in [0.1, 0.15) is 10.4 Å². The molecule has 0 fully saturated rings. The lowest BCUT2D eigenvalue weighted by Crippen LogP contribution is -2.15. The Morgan fingerprint density at radius 1 is 1.22 bits per heavy atom. The van der Waals surface area contributed by atoms with E-state index in [4.69, 9.17) is 11.6 Å². The van der Waals surface area contributed by atoms with Crippen molar-refractivity contribution in [2.45, 2.75) is 0 Å². The molecule has 0 saturated heterocycles. The molecule has 0 aliphatic carbocycles. The zero-order valence-electron chi connectivity index (χ0n) is 9.42. The minimum absolute atomic E-state index is 0.0643. The summed E-state index contributed by atoms with van der Waals surface area (Å²) in [6.07, 6.45) is 0. The Bertz CT molecular complexity index is 508. The minimum atomic E-state index is -0.995. The number of carbonyl (C=O) groups excluding carboxylic acids is 1. The van der Waals surface area contributed by atoms with Crippen LogP contribution >= 0.6 is 11.6 Å². The van der Waals surface area contributed by atoms with Crippen molar-refractivity contribution in [2.75, 3.05) is 19.0 Å². The number of non-ortho nitro benzene ring substituents is 1. The fourth-order valence-electron chi connectivity index (χ4n) is 1.47. The topological polar surface area (TPSA) is 107 Å². The Labute approximate surface area is 106 Å². The van der Waals surface area contributed by atoms with E-state index in [0.717, 1.165) is 12.1 Å². The third-order valence-electron chi connectivity index (χ3n) is 2.14. The average Bonchev–Trinajstić information content (AvgIpc) is 2.26. The number of anilines is 1. The van der Waals surface area contributed by atoms with E-state index in [9.17, 15) is 25.0 Å². The van der Waals surface area contributed by atoms with Crippen molar-refractivity contribution in [3.8, 4) is 0 Å². The zero-order chi connectivity index (χ0) is 14.0. The van der Waals surface area contributed by atoms with Crippen molar-refractivity contribution >= 4 is 33.9 Å². The van der Waals surface area contributed by atoms with Crippen LogP contribution in [-0.2, 0) is 0 Å². The van der Waals surface area contributed by atoms with Crippen molar-refractivity contribution in [3.63, 3.8) is 0 Å². The first-order valence-electron chi connectivity index (χ1n) is 4.59. The minimum Gasteiger partial charge on any atom is -0.371 e. The lowest BCUT2D eigenvalue weighted by atomic mass is 10.1. The summed E-state index contributed by atoms with van der Waals surface area (Å²) in [5.41, 5.74) is -1.44. The maximum Gasteiger partial charge on any atom is 0.300 e. The number of halogens is 1. The summed E-state index contributed by atoms with van der Waals surface area (Å²) in [4.78, 5) is 32.4. The molecule has 0 heterocycles. The van der Waals surface area contributed by atoms with E-state index in [1.165, 1.54) is 19.0 Å². The normalized spacial score (nSPS) is 9.94. The van der Waals surface area contributed by atoms with Gasteiger partial charge in [0.05, 0.1) is 21.5 Å². The highest BCUT2D eigenvalue weighted by Gasteiger charge is 2.27. The van der Waals surface area contributed by atoms with E-state index in [1.807, 2.05) is 0 Å². The number of hydrogen-bond acceptors (Lipinski definition) is 6. The molecule has 0 bridgehead atoms. The fourth-order valence-corrected chi connectivity index (χ4v) is 1.61. The molecule has 1 aromatic carbocycles. The van der Waals surface area contributed by atoms with E-state index in [2.05, 4.69) is 0 Å². The monoisotopic (exact) mass is 273 g/mol. The third kappa shape index (κ3) is 2.54. The standard InChI is InChI=1S/C9H8ClN3O5/c1-11(2)8-6(9(10)14)3-5(12(15)16)4-7(8)13(17)18/h3-4H,1-2H3. The molecular weight excluding hydrogens is 266 g/mol. The molecular formula is C9H8ClN3O5. The van der Waals surface area contributed by atoms with Crippen LogP contribution in [0.3, 0.4) is 0 Å². The maximum absolute atomic E-state index is 11.2. The smallest absolute Gasteiger partial charge is 0.300 e. The number of carbonyl (C=O) groups is 1. The van der Waals surface area contributed by atoms with Gasteiger partial charge in [-0.2, -0.15) is 0 Å². The van der Waals surface area contributed by atoms with Crippen LogP contribution in [-0.4, -0.2) is 29.2 Å². The highest BCUT2D eigenvalue weighted by Crippen LogP contribution is 2.35. The lowest BCUT2D eigenvalue weighted by molar-refractivity contribution is -0.393. The second kappa shape index (κ2) is 4.96. The summed E-state index contributed by atoms with van der Waals surface area (Å²) in [5, 5.41) is 20.5. The molecule has 1 rings (SSSR count). The van der Waals surface area contributed by atoms with Crippen LogP contribution in [0.2, 0.25) is 0 Å². The number of benzene rings is 1. The quantitative estimate of drug-likeness (QED) is 0.471. The molecule has 9 heteroatoms. The van der Waals surface area contributed by atoms with Gasteiger partial charge in [-0.15, -0.1) is 0 Å². The maximum atomic E-state index is 11.2. The van der Waals surface area contributed by atoms with Crippen LogP contribution in [0.25, 0.3) is 0 Å². The van der Waals surface area contributed by atoms with Crippen LogP contribution in [0.15, 0.2) is 12.1 Å². The van der Waals surface area contributed by atoms with Gasteiger partial charge in [0.25, 0.3) is 16.6 Å². The van der Waals surface area contributed by atoms with E-state index in [-0.39, 0.29) is 11.3 Å². The zero-order valence-corrected chi connectivity index (χ0v) is 10.2. The number of nitro groups is 2. The van der Waals surface area contributed by atoms with Crippen molar-refractivity contribution in [2.24, 2.45) is 0 Å². The van der Waals surface area contributed by atoms with Crippen molar-refractivity contribution < 1.29 is 14.6 Å². The highest BCUT2D eigenvalue weighted by atomic mass is 35.5. The van der Waals surface area contributed by atoms with Crippen molar-refractivity contribution in [1.82, 2.24) is 0 Å². The fraction of sp³-hybridized carbons (Fsp3) is 0.222. The molecule has 0 saturated carbocycles. The number of nitrogens with zero attached hydrogens (tertiary/aromatic N) is 3. The summed E-state index contributed by atoms with van der Waals surface area (Å²) in [6.45, 7) is 0. The molecule has 0 unspecified atom stereocenters. The third-order valence-corrected chi connectivity index (χ3v) is 2.34. The van der Waals surface area contributed by atoms with Gasteiger partial charge in [-0.05, 0) is 11.6 Å². The molecule has 0 aliphatic rings. The van der Waals surface area contributed by atoms with Crippen LogP contribution < -0.4 is 4.90 Å². The SMILES string of the molecule is CN(C)c1c(C(=O)Cl)cc([N+](=O)[O-])cc1[N+](=O)[O-]. The van der Waals surface area contributed by atoms with Crippen LogP contribution in [0.4, 0.5) is 17.1 Å². The molecule has 0 amide bonds. The molecule has 18 heavy (non-hydrogen) atoms. The second-order valence-electron chi connectivity index (χ2n) is 3.54. The lowest BCUT2D eigenvalue weighted by Gasteiger charge is -2.15. The van der Waals surface area contributed by atoms with E-state index in [0.29, 0.717) is 0 Å². The van der Waals surface area contributed by atoms with Gasteiger partial charge in [0.2, 0.25) is 0 Å². The Morgan fingerprint density at radius 2 is 1.78 bits per heavy atom. The number of nitro benzene ring substituents is 2. The second-order valence-corrected chi connectivity index (χ2v) is 3.89. The van der Waals surface area contributed by atoms with Gasteiger partial charge in [0.1, 0.15) is 5.69 Å². The van der Waals surface area contributed by atoms with E-state index in [1.54, 1.807) is 0 Å². The van der Waals surface area contributed by atoms with Gasteiger partial charge < -0.3 is 4.90 Å². The first-order chi connectivity index (χ1) is 8.25. The Kier molecular flexibility index (Phi) is 3.82. The summed E-state index contributed by atoms with van der Waals surface area (Å²) < 4.78 is 0. The Morgan fingerprint density at radius 3 is 2.11 bits per heavy atom. The molecule has 0 aliphatic heterocycles. The Hall–Kier alpha value is -2.22. The largest absolute Gasteiger partial charge is 0.371 e. The van der Waals surface area contributed by atoms with E-state index < -0.39 is 26.5 Å². The molecule has 0 N–H and O–H groups in total. The Balaban J connectivity index is 3.71. The van der Waals surface area contributed by atoms with Crippen molar-refractivity contribution in [3.05, 3.63) is 37.9 Å². The molecule has 0 atom stereocenters. The predicted molar refractivity (Wildman–Crippen MR) is 64.3 cm³/mol. The van der Waals surface area contributed by atoms with Crippen LogP contribution in [0.5, 0.6) is 0 Å². The average molecular weight is 274 g/mol. The van der Waals surface area contributed by atoms with Crippen molar-refractivity contribution in [1.29, 1.82) is 0 Å². The van der Waals surface area contributed by atoms with Gasteiger partial charge in [-0.3, -0.25) is 25.0 Å². The summed E-state index contributed by atoms with van der Waals surface area (Å²) in [5.74, 6) is 0. The summed E-state index contributed by atoms with van der Waals surface area (Å²) in [7, 11) is 2.94. The number of hydrogen-bond donors (Lipinski definition) is 0. The summed E-state index contributed by atoms with van der Waals surface area (Å²) in [6, 6.07) is 1.70. The molecule has 0 radical (unpaired) electrons. The first kappa shape index (κ1) is 13.8. The first-order valence-corrected chi connectivity index (χ1v) is 4.97. The summed E-state index contributed by atoms with van der Waals surface area (Å²) >= 11 is 5.29. The highest BCUT2D eigenvalue weighted by molar-refractivity contribution is 6.68. The van der Waals surface area contributed by atoms with Gasteiger partial charge >= 0.3 is 0 Å². The van der Waals surface area contributed by atoms with Gasteiger partial charge in [-0.1, -0.05) is 0 Å². The van der Waals surface area contributed by atoms with E-state index >= 15 is 0 Å². The van der Waals surface area contributed by atoms with Crippen LogP contribution in [0, 0.1) is 20.2 Å². The molecule has 8 nitrogen and oxygen atoms in total. The molecule has 96 valence electrons. The molecule has 0 spiro atoms. The van der Waals surface area contributed by atoms with Gasteiger partial charge in [0, 0.05) is 20.2 Å². The molecule has 1 aromatic rings. The molecule has 0 aromatic heterocycles.